The molecule has 0 N–H and O–H groups in total. The summed E-state index contributed by atoms with van der Waals surface area (Å²) >= 11 is -0.812. The van der Waals surface area contributed by atoms with E-state index in [-0.39, 0.29) is 16.2 Å². The molecule has 66 heavy (non-hydrogen) atoms. The molecule has 10 aromatic rings. The minimum atomic E-state index is -0.812. The monoisotopic (exact) mass is 885 g/mol. The number of benzene rings is 10. The van der Waals surface area contributed by atoms with Gasteiger partial charge in [0.25, 0.3) is 0 Å². The van der Waals surface area contributed by atoms with E-state index in [1.165, 1.54) is 133 Å². The Bertz CT molecular complexity index is 3420. The van der Waals surface area contributed by atoms with E-state index in [1.807, 2.05) is 0 Å². The molecule has 317 valence electrons. The van der Waals surface area contributed by atoms with Crippen LogP contribution >= 0.6 is 0 Å². The van der Waals surface area contributed by atoms with E-state index in [0.717, 1.165) is 0 Å². The predicted octanol–water partition coefficient (Wildman–Crippen LogP) is 17.0. The fraction of sp³-hybridized carbons (Fsp3) is 0.138. The van der Waals surface area contributed by atoms with Crippen molar-refractivity contribution >= 4 is 21.5 Å². The first-order valence-corrected chi connectivity index (χ1v) is 23.3. The molecule has 3 aliphatic rings. The molecule has 13 rings (SSSR count). The molecule has 0 fully saturated rings. The maximum atomic E-state index is 5.97. The molecular formula is C65H52V. The van der Waals surface area contributed by atoms with Gasteiger partial charge >= 0.3 is 20.0 Å². The molecule has 0 saturated carbocycles. The topological polar surface area (TPSA) is 0 Å². The number of hydrogen-bond acceptors (Lipinski definition) is 0. The molecule has 0 unspecified atom stereocenters. The van der Waals surface area contributed by atoms with Gasteiger partial charge in [0.1, 0.15) is 0 Å². The summed E-state index contributed by atoms with van der Waals surface area (Å²) in [7, 11) is 0. The molecule has 0 aliphatic heterocycles. The Morgan fingerprint density at radius 1 is 0.273 bits per heavy atom. The summed E-state index contributed by atoms with van der Waals surface area (Å²) in [5.41, 5.74) is 26.4. The third-order valence-corrected chi connectivity index (χ3v) is 15.9. The molecule has 0 bridgehead atoms. The Morgan fingerprint density at radius 2 is 0.530 bits per heavy atom. The molecule has 0 atom stereocenters. The van der Waals surface area contributed by atoms with Crippen LogP contribution in [0.1, 0.15) is 74.9 Å². The molecule has 0 amide bonds. The van der Waals surface area contributed by atoms with Gasteiger partial charge in [-0.05, 0) is 169 Å². The maximum absolute atomic E-state index is 5.97. The summed E-state index contributed by atoms with van der Waals surface area (Å²) in [5, 5.41) is 5.29. The van der Waals surface area contributed by atoms with Crippen molar-refractivity contribution in [3.05, 3.63) is 228 Å². The van der Waals surface area contributed by atoms with Gasteiger partial charge in [-0.2, -0.15) is 0 Å². The van der Waals surface area contributed by atoms with Crippen molar-refractivity contribution in [2.45, 2.75) is 57.8 Å². The predicted molar refractivity (Wildman–Crippen MR) is 279 cm³/mol. The Morgan fingerprint density at radius 3 is 0.909 bits per heavy atom. The van der Waals surface area contributed by atoms with Crippen LogP contribution in [-0.4, -0.2) is 1.76 Å². The van der Waals surface area contributed by atoms with Gasteiger partial charge in [0, 0.05) is 16.2 Å². The van der Waals surface area contributed by atoms with E-state index >= 15 is 0 Å². The normalized spacial score (nSPS) is 15.3. The summed E-state index contributed by atoms with van der Waals surface area (Å²) in [4.78, 5) is 0. The zero-order valence-electron chi connectivity index (χ0n) is 40.4. The first-order chi connectivity index (χ1) is 32.9. The van der Waals surface area contributed by atoms with Crippen LogP contribution < -0.4 is 0 Å². The number of fused-ring (bicyclic) bond motifs is 13. The summed E-state index contributed by atoms with van der Waals surface area (Å²) in [6.07, 6.45) is 0. The molecule has 0 aromatic heterocycles. The van der Waals surface area contributed by atoms with Crippen LogP contribution in [0.4, 0.5) is 0 Å². The SMILES string of the molecule is CC1(C)c2cc3c(cc2-c2cc4c(cc21)-c1c(cc(-c2ccc(-c5ccccc5)cc2)c2ccccc12)C4(C)C)C(C)(C)c1cc(-c2ccc(-c4ccccc4)cc2)c2ccccc2c1-3.[2H][V][2H]. The quantitative estimate of drug-likeness (QED) is 0.165. The third kappa shape index (κ3) is 5.65. The first-order valence-electron chi connectivity index (χ1n) is 24.2. The fourth-order valence-electron chi connectivity index (χ4n) is 12.3. The second-order valence-corrected chi connectivity index (χ2v) is 20.4. The molecule has 0 nitrogen and oxygen atoms in total. The van der Waals surface area contributed by atoms with Crippen molar-refractivity contribution in [3.8, 4) is 77.9 Å². The second kappa shape index (κ2) is 14.4. The van der Waals surface area contributed by atoms with Crippen LogP contribution in [0.5, 0.6) is 0 Å². The zero-order valence-corrected chi connectivity index (χ0v) is 39.8. The second-order valence-electron chi connectivity index (χ2n) is 20.4. The Kier molecular flexibility index (Phi) is 8.41. The van der Waals surface area contributed by atoms with E-state index in [9.17, 15) is 0 Å². The first kappa shape index (κ1) is 38.6. The molecule has 0 spiro atoms. The van der Waals surface area contributed by atoms with Gasteiger partial charge in [0.2, 0.25) is 0 Å². The van der Waals surface area contributed by atoms with Gasteiger partial charge in [-0.25, -0.2) is 0 Å². The molecular weight excluding hydrogens is 832 g/mol. The van der Waals surface area contributed by atoms with Crippen molar-refractivity contribution in [2.75, 3.05) is 0 Å². The summed E-state index contributed by atoms with van der Waals surface area (Å²) in [6.45, 7) is 14.7. The van der Waals surface area contributed by atoms with Crippen LogP contribution in [0, 0.1) is 0 Å². The standard InChI is InChI=1S/C65H50.V.2H/c1-63(2)55-37-53-57(64(3,4)59-33-49(45-21-13-15-23-47(45)61(53)59)43-29-25-41(26-30-43)39-17-9-7-10-18-39)35-51(55)52-36-58-54(38-56(52)63)62-48-24-16-14-22-46(48)50(34-60(62)65(58,5)6)44-31-27-42(28-32-44)40-19-11-8-12-20-40;;;/h7-38H,1-6H3;;;/i;;2*1+1. The van der Waals surface area contributed by atoms with E-state index in [1.54, 1.807) is 0 Å². The van der Waals surface area contributed by atoms with E-state index in [2.05, 4.69) is 236 Å². The van der Waals surface area contributed by atoms with Crippen LogP contribution in [-0.2, 0) is 34.5 Å². The van der Waals surface area contributed by atoms with Gasteiger partial charge in [-0.3, -0.25) is 0 Å². The van der Waals surface area contributed by atoms with Crippen molar-refractivity contribution in [1.29, 1.82) is 1.76 Å². The van der Waals surface area contributed by atoms with Crippen LogP contribution in [0.3, 0.4) is 0 Å². The number of hydrogen-bond donors (Lipinski definition) is 0. The Labute approximate surface area is 402 Å². The van der Waals surface area contributed by atoms with Gasteiger partial charge in [0.05, 0.1) is 0 Å². The van der Waals surface area contributed by atoms with E-state index < -0.39 is 18.3 Å². The average Bonchev–Trinajstić information content (AvgIpc) is 3.84. The molecule has 0 radical (unpaired) electrons. The van der Waals surface area contributed by atoms with Gasteiger partial charge in [0.15, 0.2) is 0 Å². The summed E-state index contributed by atoms with van der Waals surface area (Å²) < 4.78 is 11.9. The van der Waals surface area contributed by atoms with Crippen LogP contribution in [0.25, 0.3) is 99.4 Å². The zero-order chi connectivity index (χ0) is 46.7. The fourth-order valence-corrected chi connectivity index (χ4v) is 12.3. The van der Waals surface area contributed by atoms with Crippen LogP contribution in [0.15, 0.2) is 194 Å². The summed E-state index contributed by atoms with van der Waals surface area (Å²) in [5.74, 6) is 0. The number of rotatable bonds is 4. The summed E-state index contributed by atoms with van der Waals surface area (Å²) in [6, 6.07) is 73.3. The van der Waals surface area contributed by atoms with Crippen molar-refractivity contribution in [2.24, 2.45) is 0 Å². The van der Waals surface area contributed by atoms with E-state index in [0.29, 0.717) is 0 Å². The van der Waals surface area contributed by atoms with Gasteiger partial charge < -0.3 is 0 Å². The Hall–Kier alpha value is -6.70. The van der Waals surface area contributed by atoms with Crippen molar-refractivity contribution in [1.82, 2.24) is 0 Å². The average molecular weight is 886 g/mol. The molecule has 0 heterocycles. The molecule has 10 aromatic carbocycles. The van der Waals surface area contributed by atoms with E-state index in [4.69, 9.17) is 1.76 Å². The van der Waals surface area contributed by atoms with Crippen molar-refractivity contribution < 1.29 is 18.3 Å². The van der Waals surface area contributed by atoms with Crippen molar-refractivity contribution in [3.63, 3.8) is 0 Å². The third-order valence-electron chi connectivity index (χ3n) is 15.9. The van der Waals surface area contributed by atoms with Crippen LogP contribution in [0.2, 0.25) is 0 Å². The minimum absolute atomic E-state index is 0.180. The molecule has 0 saturated heterocycles. The molecule has 3 aliphatic carbocycles. The van der Waals surface area contributed by atoms with Gasteiger partial charge in [-0.1, -0.05) is 199 Å². The Balaban J connectivity index is 0.00000156. The van der Waals surface area contributed by atoms with Gasteiger partial charge in [-0.15, -0.1) is 0 Å². The molecule has 1 heteroatoms.